The number of furan rings is 1. The summed E-state index contributed by atoms with van der Waals surface area (Å²) in [4.78, 5) is 12.1. The lowest BCUT2D eigenvalue weighted by Crippen LogP contribution is -2.26. The van der Waals surface area contributed by atoms with E-state index in [1.54, 1.807) is 6.92 Å². The van der Waals surface area contributed by atoms with Crippen LogP contribution < -0.4 is 4.72 Å². The summed E-state index contributed by atoms with van der Waals surface area (Å²) in [6.45, 7) is 1.73. The molecular weight excluding hydrogens is 302 g/mol. The first-order valence-corrected chi connectivity index (χ1v) is 8.04. The smallest absolute Gasteiger partial charge is 0.374 e. The van der Waals surface area contributed by atoms with Gasteiger partial charge in [-0.1, -0.05) is 6.07 Å². The van der Waals surface area contributed by atoms with Gasteiger partial charge in [0.15, 0.2) is 0 Å². The molecule has 1 atom stereocenters. The molecule has 20 heavy (non-hydrogen) atoms. The van der Waals surface area contributed by atoms with E-state index in [1.165, 1.54) is 30.6 Å². The molecule has 0 aliphatic rings. The Labute approximate surface area is 120 Å². The molecule has 1 N–H and O–H groups in total. The molecule has 8 heteroatoms. The highest BCUT2D eigenvalue weighted by molar-refractivity contribution is 7.89. The molecule has 108 valence electrons. The summed E-state index contributed by atoms with van der Waals surface area (Å²) in [5.41, 5.74) is 0. The molecule has 0 fully saturated rings. The summed E-state index contributed by atoms with van der Waals surface area (Å²) >= 11 is 1.45. The van der Waals surface area contributed by atoms with Crippen LogP contribution in [0.5, 0.6) is 0 Å². The van der Waals surface area contributed by atoms with Gasteiger partial charge in [0, 0.05) is 4.88 Å². The van der Waals surface area contributed by atoms with E-state index >= 15 is 0 Å². The van der Waals surface area contributed by atoms with E-state index in [-0.39, 0.29) is 16.9 Å². The zero-order valence-electron chi connectivity index (χ0n) is 10.8. The molecule has 2 rings (SSSR count). The lowest BCUT2D eigenvalue weighted by Gasteiger charge is -2.10. The number of thiophene rings is 1. The molecule has 0 saturated heterocycles. The van der Waals surface area contributed by atoms with E-state index in [1.807, 2.05) is 17.5 Å². The van der Waals surface area contributed by atoms with E-state index in [4.69, 9.17) is 4.42 Å². The number of carbonyl (C=O) groups is 1. The van der Waals surface area contributed by atoms with Gasteiger partial charge >= 0.3 is 5.97 Å². The molecule has 0 spiro atoms. The van der Waals surface area contributed by atoms with Crippen molar-refractivity contribution in [2.75, 3.05) is 7.11 Å². The molecule has 0 aliphatic heterocycles. The fraction of sp³-hybridized carbons (Fsp3) is 0.250. The van der Waals surface area contributed by atoms with Gasteiger partial charge in [0.25, 0.3) is 10.0 Å². The summed E-state index contributed by atoms with van der Waals surface area (Å²) in [6, 6.07) is 5.77. The maximum atomic E-state index is 12.1. The van der Waals surface area contributed by atoms with Gasteiger partial charge in [-0.25, -0.2) is 17.9 Å². The van der Waals surface area contributed by atoms with Crippen LogP contribution >= 0.6 is 11.3 Å². The third-order valence-electron chi connectivity index (χ3n) is 2.53. The van der Waals surface area contributed by atoms with Gasteiger partial charge in [-0.2, -0.15) is 0 Å². The van der Waals surface area contributed by atoms with Crippen LogP contribution in [0.4, 0.5) is 0 Å². The molecule has 2 aromatic heterocycles. The molecule has 0 aliphatic carbocycles. The Hall–Kier alpha value is -1.64. The zero-order chi connectivity index (χ0) is 14.8. The van der Waals surface area contributed by atoms with Crippen molar-refractivity contribution in [3.63, 3.8) is 0 Å². The number of carbonyl (C=O) groups excluding carboxylic acids is 1. The lowest BCUT2D eigenvalue weighted by molar-refractivity contribution is 0.0559. The number of sulfonamides is 1. The van der Waals surface area contributed by atoms with Gasteiger partial charge in [0.1, 0.15) is 0 Å². The van der Waals surface area contributed by atoms with E-state index in [0.717, 1.165) is 4.88 Å². The molecule has 6 nitrogen and oxygen atoms in total. The summed E-state index contributed by atoms with van der Waals surface area (Å²) in [5.74, 6) is -0.880. The zero-order valence-corrected chi connectivity index (χ0v) is 12.5. The number of esters is 1. The van der Waals surface area contributed by atoms with Crippen molar-refractivity contribution in [3.8, 4) is 0 Å². The number of nitrogens with one attached hydrogen (secondary N) is 1. The predicted octanol–water partition coefficient (Wildman–Crippen LogP) is 2.17. The second-order valence-corrected chi connectivity index (χ2v) is 6.59. The van der Waals surface area contributed by atoms with Crippen LogP contribution in [-0.2, 0) is 14.8 Å². The third kappa shape index (κ3) is 3.09. The molecule has 0 amide bonds. The summed E-state index contributed by atoms with van der Waals surface area (Å²) in [6.07, 6.45) is 0. The summed E-state index contributed by atoms with van der Waals surface area (Å²) in [5, 5.41) is 1.55. The van der Waals surface area contributed by atoms with Crippen LogP contribution in [0.1, 0.15) is 28.4 Å². The van der Waals surface area contributed by atoms with Crippen molar-refractivity contribution in [2.24, 2.45) is 0 Å². The first-order chi connectivity index (χ1) is 9.44. The molecule has 0 saturated carbocycles. The van der Waals surface area contributed by atoms with Crippen LogP contribution in [0.15, 0.2) is 39.2 Å². The Kier molecular flexibility index (Phi) is 4.26. The van der Waals surface area contributed by atoms with Crippen molar-refractivity contribution in [2.45, 2.75) is 18.1 Å². The van der Waals surface area contributed by atoms with Crippen LogP contribution in [0.2, 0.25) is 0 Å². The van der Waals surface area contributed by atoms with E-state index in [2.05, 4.69) is 9.46 Å². The van der Waals surface area contributed by atoms with E-state index < -0.39 is 16.0 Å². The van der Waals surface area contributed by atoms with Gasteiger partial charge < -0.3 is 9.15 Å². The normalized spacial score (nSPS) is 13.1. The number of methoxy groups -OCH3 is 1. The molecule has 0 bridgehead atoms. The van der Waals surface area contributed by atoms with Gasteiger partial charge in [-0.3, -0.25) is 0 Å². The molecule has 0 aromatic carbocycles. The van der Waals surface area contributed by atoms with Gasteiger partial charge in [0.2, 0.25) is 10.9 Å². The van der Waals surface area contributed by atoms with Crippen molar-refractivity contribution in [3.05, 3.63) is 40.3 Å². The fourth-order valence-corrected chi connectivity index (χ4v) is 3.53. The second kappa shape index (κ2) is 5.78. The minimum atomic E-state index is -3.82. The van der Waals surface area contributed by atoms with Gasteiger partial charge in [0.05, 0.1) is 13.2 Å². The van der Waals surface area contributed by atoms with Crippen LogP contribution in [-0.4, -0.2) is 21.5 Å². The SMILES string of the molecule is COC(=O)c1ccc(S(=O)(=O)N[C@H](C)c2cccs2)o1. The average molecular weight is 315 g/mol. The van der Waals surface area contributed by atoms with E-state index in [0.29, 0.717) is 0 Å². The van der Waals surface area contributed by atoms with Crippen molar-refractivity contribution < 1.29 is 22.4 Å². The molecule has 2 aromatic rings. The largest absolute Gasteiger partial charge is 0.463 e. The summed E-state index contributed by atoms with van der Waals surface area (Å²) < 4.78 is 36.2. The Morgan fingerprint density at radius 2 is 2.15 bits per heavy atom. The summed E-state index contributed by atoms with van der Waals surface area (Å²) in [7, 11) is -2.63. The van der Waals surface area contributed by atoms with Crippen molar-refractivity contribution in [1.82, 2.24) is 4.72 Å². The first kappa shape index (κ1) is 14.8. The predicted molar refractivity (Wildman–Crippen MR) is 73.1 cm³/mol. The number of hydrogen-bond donors (Lipinski definition) is 1. The van der Waals surface area contributed by atoms with E-state index in [9.17, 15) is 13.2 Å². The number of rotatable bonds is 5. The van der Waals surface area contributed by atoms with Crippen LogP contribution in [0.25, 0.3) is 0 Å². The molecule has 0 unspecified atom stereocenters. The quantitative estimate of drug-likeness (QED) is 0.855. The van der Waals surface area contributed by atoms with Crippen molar-refractivity contribution >= 4 is 27.3 Å². The highest BCUT2D eigenvalue weighted by atomic mass is 32.2. The second-order valence-electron chi connectivity index (χ2n) is 3.97. The Bertz CT molecular complexity index is 687. The van der Waals surface area contributed by atoms with Crippen LogP contribution in [0.3, 0.4) is 0 Å². The average Bonchev–Trinajstić information content (AvgIpc) is 3.08. The Morgan fingerprint density at radius 1 is 1.40 bits per heavy atom. The maximum absolute atomic E-state index is 12.1. The topological polar surface area (TPSA) is 85.6 Å². The minimum Gasteiger partial charge on any atom is -0.463 e. The van der Waals surface area contributed by atoms with Crippen LogP contribution in [0, 0.1) is 0 Å². The molecule has 0 radical (unpaired) electrons. The third-order valence-corrected chi connectivity index (χ3v) is 5.00. The standard InChI is InChI=1S/C12H13NO5S2/c1-8(10-4-3-7-19-10)13-20(15,16)11-6-5-9(18-11)12(14)17-2/h3-8,13H,1-2H3/t8-/m1/s1. The highest BCUT2D eigenvalue weighted by Gasteiger charge is 2.24. The molecular formula is C12H13NO5S2. The van der Waals surface area contributed by atoms with Gasteiger partial charge in [-0.15, -0.1) is 11.3 Å². The lowest BCUT2D eigenvalue weighted by atomic mass is 10.3. The van der Waals surface area contributed by atoms with Gasteiger partial charge in [-0.05, 0) is 30.5 Å². The fourth-order valence-electron chi connectivity index (χ4n) is 1.56. The number of hydrogen-bond acceptors (Lipinski definition) is 6. The Morgan fingerprint density at radius 3 is 2.75 bits per heavy atom. The maximum Gasteiger partial charge on any atom is 0.374 e. The first-order valence-electron chi connectivity index (χ1n) is 5.68. The molecule has 2 heterocycles. The Balaban J connectivity index is 2.18. The highest BCUT2D eigenvalue weighted by Crippen LogP contribution is 2.22. The minimum absolute atomic E-state index is 0.156. The monoisotopic (exact) mass is 315 g/mol. The number of ether oxygens (including phenoxy) is 1. The van der Waals surface area contributed by atoms with Crippen molar-refractivity contribution in [1.29, 1.82) is 0 Å².